The Labute approximate surface area is 129 Å². The highest BCUT2D eigenvalue weighted by molar-refractivity contribution is 7.89. The number of hydrogen-bond acceptors (Lipinski definition) is 4. The van der Waals surface area contributed by atoms with Gasteiger partial charge in [0.1, 0.15) is 18.0 Å². The van der Waals surface area contributed by atoms with Crippen molar-refractivity contribution >= 4 is 10.0 Å². The molecule has 0 amide bonds. The molecule has 0 bridgehead atoms. The number of nitrogens with one attached hydrogen (secondary N) is 1. The molecule has 126 valence electrons. The molecule has 0 spiro atoms. The number of nitrogens with zero attached hydrogens (tertiary/aromatic N) is 3. The van der Waals surface area contributed by atoms with Crippen LogP contribution >= 0.6 is 0 Å². The summed E-state index contributed by atoms with van der Waals surface area (Å²) >= 11 is 0. The standard InChI is InChI=1S/C12H12F4N4O2S/c1-2-20-7-17-19-11(20)6-18-23(21,22)8-3-4-10(13)9(5-8)12(14,15)16/h3-5,7,18H,2,6H2,1H3. The summed E-state index contributed by atoms with van der Waals surface area (Å²) in [6.07, 6.45) is -3.60. The fourth-order valence-corrected chi connectivity index (χ4v) is 2.82. The van der Waals surface area contributed by atoms with Crippen molar-refractivity contribution in [3.63, 3.8) is 0 Å². The average molecular weight is 352 g/mol. The Morgan fingerprint density at radius 3 is 2.61 bits per heavy atom. The maximum atomic E-state index is 13.2. The molecule has 1 N–H and O–H groups in total. The SMILES string of the molecule is CCn1cnnc1CNS(=O)(=O)c1ccc(F)c(C(F)(F)F)c1. The fraction of sp³-hybridized carbons (Fsp3) is 0.333. The van der Waals surface area contributed by atoms with E-state index in [0.29, 0.717) is 18.4 Å². The maximum Gasteiger partial charge on any atom is 0.419 e. The molecule has 0 aliphatic rings. The zero-order chi connectivity index (χ0) is 17.3. The van der Waals surface area contributed by atoms with Crippen molar-refractivity contribution in [2.24, 2.45) is 0 Å². The first-order valence-corrected chi connectivity index (χ1v) is 7.86. The average Bonchev–Trinajstić information content (AvgIpc) is 2.91. The second kappa shape index (κ2) is 6.24. The Bertz CT molecular complexity index is 802. The van der Waals surface area contributed by atoms with E-state index in [4.69, 9.17) is 0 Å². The minimum Gasteiger partial charge on any atom is -0.317 e. The number of hydrogen-bond donors (Lipinski definition) is 1. The molecule has 23 heavy (non-hydrogen) atoms. The third kappa shape index (κ3) is 3.85. The van der Waals surface area contributed by atoms with Crippen LogP contribution in [0.25, 0.3) is 0 Å². The van der Waals surface area contributed by atoms with E-state index < -0.39 is 32.5 Å². The molecular weight excluding hydrogens is 340 g/mol. The van der Waals surface area contributed by atoms with Crippen molar-refractivity contribution in [1.29, 1.82) is 0 Å². The molecule has 0 aliphatic carbocycles. The first-order valence-electron chi connectivity index (χ1n) is 6.38. The number of aromatic nitrogens is 3. The summed E-state index contributed by atoms with van der Waals surface area (Å²) in [5.74, 6) is -1.24. The van der Waals surface area contributed by atoms with Crippen molar-refractivity contribution < 1.29 is 26.0 Å². The molecule has 0 unspecified atom stereocenters. The fourth-order valence-electron chi connectivity index (χ4n) is 1.81. The first kappa shape index (κ1) is 17.3. The first-order chi connectivity index (χ1) is 10.6. The predicted molar refractivity (Wildman–Crippen MR) is 71.1 cm³/mol. The van der Waals surface area contributed by atoms with Crippen molar-refractivity contribution in [3.05, 3.63) is 41.7 Å². The highest BCUT2D eigenvalue weighted by Crippen LogP contribution is 2.32. The van der Waals surface area contributed by atoms with E-state index in [1.807, 2.05) is 0 Å². The number of alkyl halides is 3. The smallest absolute Gasteiger partial charge is 0.317 e. The Hall–Kier alpha value is -2.01. The largest absolute Gasteiger partial charge is 0.419 e. The molecular formula is C12H12F4N4O2S. The lowest BCUT2D eigenvalue weighted by atomic mass is 10.2. The lowest BCUT2D eigenvalue weighted by Crippen LogP contribution is -2.25. The molecule has 2 aromatic rings. The van der Waals surface area contributed by atoms with E-state index in [2.05, 4.69) is 14.9 Å². The van der Waals surface area contributed by atoms with Gasteiger partial charge in [0.25, 0.3) is 0 Å². The zero-order valence-corrected chi connectivity index (χ0v) is 12.6. The molecule has 0 atom stereocenters. The van der Waals surface area contributed by atoms with Crippen LogP contribution in [0.2, 0.25) is 0 Å². The van der Waals surface area contributed by atoms with Crippen molar-refractivity contribution in [2.75, 3.05) is 0 Å². The Kier molecular flexibility index (Phi) is 4.71. The van der Waals surface area contributed by atoms with E-state index in [-0.39, 0.29) is 12.6 Å². The van der Waals surface area contributed by atoms with Crippen molar-refractivity contribution in [3.8, 4) is 0 Å². The van der Waals surface area contributed by atoms with Gasteiger partial charge in [0.15, 0.2) is 0 Å². The van der Waals surface area contributed by atoms with E-state index in [9.17, 15) is 26.0 Å². The highest BCUT2D eigenvalue weighted by atomic mass is 32.2. The molecule has 0 saturated carbocycles. The molecule has 0 aliphatic heterocycles. The number of halogens is 4. The molecule has 0 saturated heterocycles. The number of sulfonamides is 1. The van der Waals surface area contributed by atoms with Gasteiger partial charge in [-0.05, 0) is 25.1 Å². The number of aryl methyl sites for hydroxylation is 1. The molecule has 1 aromatic heterocycles. The Balaban J connectivity index is 2.26. The molecule has 1 heterocycles. The number of benzene rings is 1. The summed E-state index contributed by atoms with van der Waals surface area (Å²) in [5.41, 5.74) is -1.64. The van der Waals surface area contributed by atoms with Gasteiger partial charge in [-0.3, -0.25) is 0 Å². The van der Waals surface area contributed by atoms with Crippen LogP contribution in [0, 0.1) is 5.82 Å². The van der Waals surface area contributed by atoms with Gasteiger partial charge in [0.2, 0.25) is 10.0 Å². The third-order valence-electron chi connectivity index (χ3n) is 3.01. The second-order valence-electron chi connectivity index (χ2n) is 4.50. The molecule has 0 fully saturated rings. The van der Waals surface area contributed by atoms with Gasteiger partial charge in [-0.1, -0.05) is 0 Å². The zero-order valence-electron chi connectivity index (χ0n) is 11.8. The quantitative estimate of drug-likeness (QED) is 0.835. The number of rotatable bonds is 5. The Morgan fingerprint density at radius 1 is 1.30 bits per heavy atom. The highest BCUT2D eigenvalue weighted by Gasteiger charge is 2.35. The van der Waals surface area contributed by atoms with E-state index in [0.717, 1.165) is 6.07 Å². The summed E-state index contributed by atoms with van der Waals surface area (Å²) in [6, 6.07) is 1.48. The molecule has 6 nitrogen and oxygen atoms in total. The topological polar surface area (TPSA) is 76.9 Å². The third-order valence-corrected chi connectivity index (χ3v) is 4.41. The molecule has 11 heteroatoms. The minimum absolute atomic E-state index is 0.252. The van der Waals surface area contributed by atoms with E-state index in [1.165, 1.54) is 6.33 Å². The van der Waals surface area contributed by atoms with Crippen LogP contribution in [0.4, 0.5) is 17.6 Å². The minimum atomic E-state index is -4.99. The summed E-state index contributed by atoms with van der Waals surface area (Å²) < 4.78 is 78.9. The van der Waals surface area contributed by atoms with Gasteiger partial charge in [-0.15, -0.1) is 10.2 Å². The summed E-state index contributed by atoms with van der Waals surface area (Å²) in [7, 11) is -4.26. The van der Waals surface area contributed by atoms with Gasteiger partial charge in [-0.2, -0.15) is 13.2 Å². The van der Waals surface area contributed by atoms with Crippen molar-refractivity contribution in [2.45, 2.75) is 31.1 Å². The summed E-state index contributed by atoms with van der Waals surface area (Å²) in [6.45, 7) is 2.03. The van der Waals surface area contributed by atoms with Crippen LogP contribution in [-0.4, -0.2) is 23.2 Å². The summed E-state index contributed by atoms with van der Waals surface area (Å²) in [4.78, 5) is -0.686. The van der Waals surface area contributed by atoms with E-state index >= 15 is 0 Å². The normalized spacial score (nSPS) is 12.6. The lowest BCUT2D eigenvalue weighted by molar-refractivity contribution is -0.140. The van der Waals surface area contributed by atoms with Gasteiger partial charge in [0.05, 0.1) is 17.0 Å². The predicted octanol–water partition coefficient (Wildman–Crippen LogP) is 1.93. The molecule has 0 radical (unpaired) electrons. The molecule has 2 rings (SSSR count). The van der Waals surface area contributed by atoms with E-state index in [1.54, 1.807) is 11.5 Å². The van der Waals surface area contributed by atoms with Crippen LogP contribution < -0.4 is 4.72 Å². The van der Waals surface area contributed by atoms with Gasteiger partial charge in [-0.25, -0.2) is 17.5 Å². The van der Waals surface area contributed by atoms with Gasteiger partial charge >= 0.3 is 6.18 Å². The Morgan fingerprint density at radius 2 is 2.00 bits per heavy atom. The van der Waals surface area contributed by atoms with Crippen LogP contribution in [0.3, 0.4) is 0 Å². The summed E-state index contributed by atoms with van der Waals surface area (Å²) in [5, 5.41) is 7.30. The van der Waals surface area contributed by atoms with Crippen LogP contribution in [0.1, 0.15) is 18.3 Å². The van der Waals surface area contributed by atoms with Crippen LogP contribution in [-0.2, 0) is 29.3 Å². The van der Waals surface area contributed by atoms with Crippen molar-refractivity contribution in [1.82, 2.24) is 19.5 Å². The molecule has 1 aromatic carbocycles. The monoisotopic (exact) mass is 352 g/mol. The van der Waals surface area contributed by atoms with Gasteiger partial charge in [0, 0.05) is 6.54 Å². The second-order valence-corrected chi connectivity index (χ2v) is 6.26. The van der Waals surface area contributed by atoms with Crippen LogP contribution in [0.15, 0.2) is 29.4 Å². The van der Waals surface area contributed by atoms with Gasteiger partial charge < -0.3 is 4.57 Å². The lowest BCUT2D eigenvalue weighted by Gasteiger charge is -2.11. The maximum absolute atomic E-state index is 13.2. The van der Waals surface area contributed by atoms with Crippen LogP contribution in [0.5, 0.6) is 0 Å².